The van der Waals surface area contributed by atoms with Crippen LogP contribution < -0.4 is 21.1 Å². The molecule has 0 spiro atoms. The van der Waals surface area contributed by atoms with Gasteiger partial charge in [-0.3, -0.25) is 10.1 Å². The van der Waals surface area contributed by atoms with Crippen LogP contribution in [-0.4, -0.2) is 22.6 Å². The topological polar surface area (TPSA) is 118 Å². The third kappa shape index (κ3) is 6.67. The van der Waals surface area contributed by atoms with Crippen LogP contribution >= 0.6 is 23.2 Å². The Kier molecular flexibility index (Phi) is 7.71. The highest BCUT2D eigenvalue weighted by Gasteiger charge is 2.18. The minimum absolute atomic E-state index is 0.0440. The molecule has 0 aliphatic carbocycles. The van der Waals surface area contributed by atoms with E-state index in [9.17, 15) is 9.59 Å². The molecule has 1 aromatic heterocycles. The molecule has 0 aliphatic heterocycles. The molecule has 0 fully saturated rings. The molecular formula is C27H25Cl2FN4O4. The zero-order chi connectivity index (χ0) is 27.6. The molecule has 0 bridgehead atoms. The summed E-state index contributed by atoms with van der Waals surface area (Å²) in [5, 5.41) is 6.45. The van der Waals surface area contributed by atoms with E-state index in [1.54, 1.807) is 45.0 Å². The summed E-state index contributed by atoms with van der Waals surface area (Å²) in [6, 6.07) is 14.2. The Hall–Kier alpha value is -3.95. The van der Waals surface area contributed by atoms with Crippen molar-refractivity contribution in [2.24, 2.45) is 0 Å². The molecule has 2 amide bonds. The fourth-order valence-electron chi connectivity index (χ4n) is 3.58. The van der Waals surface area contributed by atoms with Crippen LogP contribution in [0.1, 0.15) is 36.8 Å². The van der Waals surface area contributed by atoms with E-state index in [2.05, 4.69) is 15.6 Å². The average Bonchev–Trinajstić information content (AvgIpc) is 3.23. The lowest BCUT2D eigenvalue weighted by atomic mass is 10.2. The van der Waals surface area contributed by atoms with Gasteiger partial charge in [-0.05, 0) is 57.2 Å². The Bertz CT molecular complexity index is 1510. The first-order valence-electron chi connectivity index (χ1n) is 11.5. The number of H-pyrrole nitrogens is 1. The smallest absolute Gasteiger partial charge is 0.412 e. The minimum Gasteiger partial charge on any atom is -0.453 e. The first kappa shape index (κ1) is 27.1. The molecule has 1 heterocycles. The van der Waals surface area contributed by atoms with E-state index in [1.165, 1.54) is 30.3 Å². The van der Waals surface area contributed by atoms with Gasteiger partial charge >= 0.3 is 6.09 Å². The number of anilines is 2. The third-order valence-electron chi connectivity index (χ3n) is 5.19. The van der Waals surface area contributed by atoms with Crippen LogP contribution in [0.4, 0.5) is 20.6 Å². The average molecular weight is 559 g/mol. The van der Waals surface area contributed by atoms with Crippen molar-refractivity contribution >= 4 is 57.5 Å². The fraction of sp³-hybridized carbons (Fsp3) is 0.185. The number of aromatic nitrogens is 1. The lowest BCUT2D eigenvalue weighted by Gasteiger charge is -2.19. The molecule has 0 unspecified atom stereocenters. The summed E-state index contributed by atoms with van der Waals surface area (Å²) in [6.45, 7) is 5.18. The van der Waals surface area contributed by atoms with Gasteiger partial charge in [-0.15, -0.1) is 0 Å². The molecule has 0 aliphatic rings. The second-order valence-corrected chi connectivity index (χ2v) is 10.3. The van der Waals surface area contributed by atoms with Gasteiger partial charge in [-0.25, -0.2) is 9.18 Å². The molecule has 0 atom stereocenters. The quantitative estimate of drug-likeness (QED) is 0.185. The van der Waals surface area contributed by atoms with Crippen LogP contribution in [0.2, 0.25) is 10.0 Å². The zero-order valence-corrected chi connectivity index (χ0v) is 22.3. The number of nitrogens with one attached hydrogen (secondary N) is 3. The molecule has 4 rings (SSSR count). The number of nitrogen functional groups attached to an aromatic ring is 1. The monoisotopic (exact) mass is 558 g/mol. The van der Waals surface area contributed by atoms with Crippen LogP contribution in [0.3, 0.4) is 0 Å². The summed E-state index contributed by atoms with van der Waals surface area (Å²) in [7, 11) is 0. The van der Waals surface area contributed by atoms with Gasteiger partial charge in [0, 0.05) is 45.5 Å². The number of hydrogen-bond donors (Lipinski definition) is 4. The van der Waals surface area contributed by atoms with Crippen molar-refractivity contribution in [1.29, 1.82) is 0 Å². The Morgan fingerprint density at radius 2 is 1.82 bits per heavy atom. The van der Waals surface area contributed by atoms with E-state index in [0.717, 1.165) is 5.39 Å². The lowest BCUT2D eigenvalue weighted by molar-refractivity contribution is 0.0635. The second kappa shape index (κ2) is 10.8. The van der Waals surface area contributed by atoms with E-state index in [1.807, 2.05) is 0 Å². The van der Waals surface area contributed by atoms with Gasteiger partial charge in [0.1, 0.15) is 17.0 Å². The zero-order valence-electron chi connectivity index (χ0n) is 20.7. The highest BCUT2D eigenvalue weighted by molar-refractivity contribution is 6.32. The number of fused-ring (bicyclic) bond motifs is 1. The number of hydrogen-bond acceptors (Lipinski definition) is 5. The van der Waals surface area contributed by atoms with Gasteiger partial charge < -0.3 is 25.5 Å². The van der Waals surface area contributed by atoms with Crippen molar-refractivity contribution in [3.8, 4) is 11.5 Å². The van der Waals surface area contributed by atoms with Crippen molar-refractivity contribution < 1.29 is 23.5 Å². The van der Waals surface area contributed by atoms with Crippen LogP contribution in [0.25, 0.3) is 10.9 Å². The predicted molar refractivity (Wildman–Crippen MR) is 147 cm³/mol. The normalized spacial score (nSPS) is 11.3. The lowest BCUT2D eigenvalue weighted by Crippen LogP contribution is -2.27. The molecule has 11 heteroatoms. The summed E-state index contributed by atoms with van der Waals surface area (Å²) >= 11 is 12.1. The highest BCUT2D eigenvalue weighted by atomic mass is 35.5. The number of aromatic amines is 1. The van der Waals surface area contributed by atoms with E-state index in [0.29, 0.717) is 21.9 Å². The summed E-state index contributed by atoms with van der Waals surface area (Å²) in [5.41, 5.74) is 7.02. The Balaban J connectivity index is 1.46. The van der Waals surface area contributed by atoms with Crippen LogP contribution in [0.5, 0.6) is 11.5 Å². The van der Waals surface area contributed by atoms with E-state index >= 15 is 4.39 Å². The van der Waals surface area contributed by atoms with Crippen LogP contribution in [-0.2, 0) is 11.3 Å². The summed E-state index contributed by atoms with van der Waals surface area (Å²) in [6.07, 6.45) is -0.589. The van der Waals surface area contributed by atoms with E-state index in [4.69, 9.17) is 38.4 Å². The number of carbonyl (C=O) groups is 2. The maximum Gasteiger partial charge on any atom is 0.412 e. The molecule has 198 valence electrons. The van der Waals surface area contributed by atoms with Gasteiger partial charge in [0.25, 0.3) is 5.91 Å². The largest absolute Gasteiger partial charge is 0.453 e. The molecule has 0 saturated carbocycles. The fourth-order valence-corrected chi connectivity index (χ4v) is 4.00. The van der Waals surface area contributed by atoms with Crippen LogP contribution in [0, 0.1) is 5.82 Å². The van der Waals surface area contributed by atoms with Gasteiger partial charge in [0.15, 0.2) is 11.6 Å². The van der Waals surface area contributed by atoms with Gasteiger partial charge in [0.05, 0.1) is 5.02 Å². The number of benzene rings is 3. The van der Waals surface area contributed by atoms with E-state index < -0.39 is 23.4 Å². The van der Waals surface area contributed by atoms with Crippen molar-refractivity contribution in [1.82, 2.24) is 10.3 Å². The summed E-state index contributed by atoms with van der Waals surface area (Å²) in [4.78, 5) is 27.8. The maximum atomic E-state index is 15.2. The van der Waals surface area contributed by atoms with Crippen molar-refractivity contribution in [2.45, 2.75) is 32.9 Å². The number of nitrogens with two attached hydrogens (primary N) is 1. The maximum absolute atomic E-state index is 15.2. The Morgan fingerprint density at radius 1 is 1.05 bits per heavy atom. The second-order valence-electron chi connectivity index (χ2n) is 9.47. The molecule has 5 N–H and O–H groups in total. The minimum atomic E-state index is -0.731. The molecule has 8 nitrogen and oxygen atoms in total. The number of rotatable bonds is 6. The number of carbonyl (C=O) groups excluding carboxylic acids is 2. The van der Waals surface area contributed by atoms with Crippen LogP contribution in [0.15, 0.2) is 54.6 Å². The number of ether oxygens (including phenoxy) is 2. The molecule has 38 heavy (non-hydrogen) atoms. The predicted octanol–water partition coefficient (Wildman–Crippen LogP) is 7.27. The van der Waals surface area contributed by atoms with E-state index in [-0.39, 0.29) is 34.3 Å². The van der Waals surface area contributed by atoms with Crippen molar-refractivity contribution in [2.75, 3.05) is 11.1 Å². The van der Waals surface area contributed by atoms with Crippen molar-refractivity contribution in [3.63, 3.8) is 0 Å². The van der Waals surface area contributed by atoms with Gasteiger partial charge in [-0.1, -0.05) is 35.3 Å². The molecular weight excluding hydrogens is 534 g/mol. The first-order chi connectivity index (χ1) is 17.9. The van der Waals surface area contributed by atoms with Crippen molar-refractivity contribution in [3.05, 3.63) is 81.7 Å². The highest BCUT2D eigenvalue weighted by Crippen LogP contribution is 2.35. The summed E-state index contributed by atoms with van der Waals surface area (Å²) < 4.78 is 26.1. The Morgan fingerprint density at radius 3 is 2.53 bits per heavy atom. The molecule has 0 saturated heterocycles. The van der Waals surface area contributed by atoms with Gasteiger partial charge in [-0.2, -0.15) is 0 Å². The number of halogens is 3. The summed E-state index contributed by atoms with van der Waals surface area (Å²) in [5.74, 6) is -1.18. The Labute approximate surface area is 228 Å². The molecule has 4 aromatic rings. The third-order valence-corrected chi connectivity index (χ3v) is 5.71. The molecule has 0 radical (unpaired) electrons. The van der Waals surface area contributed by atoms with Gasteiger partial charge in [0.2, 0.25) is 0 Å². The molecule has 3 aromatic carbocycles. The first-order valence-corrected chi connectivity index (χ1v) is 12.3. The number of amides is 2. The standard InChI is InChI=1S/C27H25Cl2FN4O4/c1-27(2,3)38-26(36)33-18-6-4-14-8-22(34-21(14)12-18)25(35)32-13-15-5-7-20(29)24(23(15)30)37-19-10-16(28)9-17(31)11-19/h4-12,34H,13,31H2,1-3H3,(H,32,35)(H,33,36). The SMILES string of the molecule is CC(C)(C)OC(=O)Nc1ccc2cc(C(=O)NCc3ccc(Cl)c(Oc4cc(N)cc(Cl)c4)c3F)[nH]c2c1.